The van der Waals surface area contributed by atoms with Crippen molar-refractivity contribution in [3.05, 3.63) is 60.7 Å². The average molecular weight is 325 g/mol. The van der Waals surface area contributed by atoms with E-state index in [0.717, 1.165) is 35.2 Å². The van der Waals surface area contributed by atoms with Crippen LogP contribution < -0.4 is 10.1 Å². The van der Waals surface area contributed by atoms with Crippen LogP contribution in [0.15, 0.2) is 55.0 Å². The Kier molecular flexibility index (Phi) is 5.46. The van der Waals surface area contributed by atoms with Gasteiger partial charge in [-0.2, -0.15) is 0 Å². The van der Waals surface area contributed by atoms with Gasteiger partial charge in [0.15, 0.2) is 0 Å². The van der Waals surface area contributed by atoms with Gasteiger partial charge in [0, 0.05) is 38.1 Å². The Labute approximate surface area is 141 Å². The molecule has 5 heteroatoms. The second-order valence-corrected chi connectivity index (χ2v) is 5.93. The van der Waals surface area contributed by atoms with Gasteiger partial charge in [-0.05, 0) is 11.5 Å². The van der Waals surface area contributed by atoms with Gasteiger partial charge in [-0.15, -0.1) is 0 Å². The van der Waals surface area contributed by atoms with Gasteiger partial charge in [0.25, 0.3) is 0 Å². The lowest BCUT2D eigenvalue weighted by atomic mass is 10.1. The summed E-state index contributed by atoms with van der Waals surface area (Å²) in [6.45, 7) is 1.55. The summed E-state index contributed by atoms with van der Waals surface area (Å²) in [4.78, 5) is 4.27. The summed E-state index contributed by atoms with van der Waals surface area (Å²) in [5.74, 6) is 0.806. The number of fused-ring (bicyclic) bond motifs is 1. The van der Waals surface area contributed by atoms with E-state index in [1.165, 1.54) is 0 Å². The number of hydrogen-bond donors (Lipinski definition) is 2. The fourth-order valence-electron chi connectivity index (χ4n) is 2.65. The van der Waals surface area contributed by atoms with E-state index in [1.54, 1.807) is 6.33 Å². The monoisotopic (exact) mass is 325 g/mol. The number of ether oxygens (including phenoxy) is 1. The van der Waals surface area contributed by atoms with Crippen LogP contribution in [0.1, 0.15) is 5.69 Å². The maximum absolute atomic E-state index is 10.1. The van der Waals surface area contributed by atoms with Crippen LogP contribution in [0.2, 0.25) is 0 Å². The minimum absolute atomic E-state index is 0.268. The number of aryl methyl sites for hydroxylation is 1. The van der Waals surface area contributed by atoms with Crippen molar-refractivity contribution in [2.75, 3.05) is 19.7 Å². The molecule has 126 valence electrons. The SMILES string of the molecule is Cn1cnc(CCNCC(O)COc2cccc3ccccc23)c1. The van der Waals surface area contributed by atoms with Crippen LogP contribution in [-0.4, -0.2) is 40.5 Å². The first kappa shape index (κ1) is 16.5. The van der Waals surface area contributed by atoms with E-state index in [9.17, 15) is 5.11 Å². The van der Waals surface area contributed by atoms with Crippen molar-refractivity contribution in [3.8, 4) is 5.75 Å². The van der Waals surface area contributed by atoms with Crippen LogP contribution in [0.25, 0.3) is 10.8 Å². The molecule has 0 saturated carbocycles. The zero-order valence-electron chi connectivity index (χ0n) is 13.9. The van der Waals surface area contributed by atoms with Crippen LogP contribution in [-0.2, 0) is 13.5 Å². The quantitative estimate of drug-likeness (QED) is 0.623. The number of nitrogens with one attached hydrogen (secondary N) is 1. The van der Waals surface area contributed by atoms with E-state index in [4.69, 9.17) is 4.74 Å². The topological polar surface area (TPSA) is 59.3 Å². The molecule has 0 spiro atoms. The van der Waals surface area contributed by atoms with Crippen molar-refractivity contribution >= 4 is 10.8 Å². The summed E-state index contributed by atoms with van der Waals surface area (Å²) in [5, 5.41) is 15.5. The van der Waals surface area contributed by atoms with Crippen molar-refractivity contribution in [1.29, 1.82) is 0 Å². The Morgan fingerprint density at radius 3 is 2.88 bits per heavy atom. The third-order valence-corrected chi connectivity index (χ3v) is 3.88. The average Bonchev–Trinajstić information content (AvgIpc) is 3.02. The predicted octanol–water partition coefficient (Wildman–Crippen LogP) is 2.15. The van der Waals surface area contributed by atoms with Crippen LogP contribution in [0.3, 0.4) is 0 Å². The highest BCUT2D eigenvalue weighted by Crippen LogP contribution is 2.25. The van der Waals surface area contributed by atoms with Crippen molar-refractivity contribution in [1.82, 2.24) is 14.9 Å². The molecular formula is C19H23N3O2. The molecule has 0 saturated heterocycles. The number of aromatic nitrogens is 2. The molecule has 24 heavy (non-hydrogen) atoms. The minimum atomic E-state index is -0.548. The van der Waals surface area contributed by atoms with E-state index in [1.807, 2.05) is 48.1 Å². The minimum Gasteiger partial charge on any atom is -0.490 e. The van der Waals surface area contributed by atoms with Crippen LogP contribution in [0, 0.1) is 0 Å². The summed E-state index contributed by atoms with van der Waals surface area (Å²) in [6, 6.07) is 14.0. The summed E-state index contributed by atoms with van der Waals surface area (Å²) >= 11 is 0. The van der Waals surface area contributed by atoms with Crippen molar-refractivity contribution in [2.24, 2.45) is 7.05 Å². The largest absolute Gasteiger partial charge is 0.490 e. The van der Waals surface area contributed by atoms with Gasteiger partial charge in [0.2, 0.25) is 0 Å². The lowest BCUT2D eigenvalue weighted by Gasteiger charge is -2.14. The molecule has 1 heterocycles. The lowest BCUT2D eigenvalue weighted by Crippen LogP contribution is -2.32. The molecule has 0 aliphatic heterocycles. The standard InChI is InChI=1S/C19H23N3O2/c1-22-12-16(21-14-22)9-10-20-11-17(23)13-24-19-8-4-6-15-5-2-3-7-18(15)19/h2-8,12,14,17,20,23H,9-11,13H2,1H3. The Balaban J connectivity index is 1.42. The zero-order valence-corrected chi connectivity index (χ0v) is 13.9. The van der Waals surface area contributed by atoms with Gasteiger partial charge in [-0.1, -0.05) is 36.4 Å². The van der Waals surface area contributed by atoms with E-state index < -0.39 is 6.10 Å². The molecule has 2 aromatic carbocycles. The lowest BCUT2D eigenvalue weighted by molar-refractivity contribution is 0.107. The molecule has 1 aromatic heterocycles. The molecule has 3 rings (SSSR count). The van der Waals surface area contributed by atoms with Crippen LogP contribution in [0.4, 0.5) is 0 Å². The highest BCUT2D eigenvalue weighted by molar-refractivity contribution is 5.88. The van der Waals surface area contributed by atoms with Gasteiger partial charge in [-0.25, -0.2) is 4.98 Å². The van der Waals surface area contributed by atoms with Gasteiger partial charge >= 0.3 is 0 Å². The summed E-state index contributed by atoms with van der Waals surface area (Å²) in [7, 11) is 1.96. The van der Waals surface area contributed by atoms with Gasteiger partial charge < -0.3 is 19.7 Å². The summed E-state index contributed by atoms with van der Waals surface area (Å²) in [5.41, 5.74) is 1.05. The second kappa shape index (κ2) is 7.95. The third kappa shape index (κ3) is 4.34. The molecule has 0 bridgehead atoms. The molecule has 5 nitrogen and oxygen atoms in total. The molecule has 0 aliphatic carbocycles. The molecule has 1 atom stereocenters. The zero-order chi connectivity index (χ0) is 16.8. The number of aliphatic hydroxyl groups is 1. The summed E-state index contributed by atoms with van der Waals surface area (Å²) in [6.07, 6.45) is 4.09. The Morgan fingerprint density at radius 1 is 1.21 bits per heavy atom. The number of nitrogens with zero attached hydrogens (tertiary/aromatic N) is 2. The first-order chi connectivity index (χ1) is 11.7. The van der Waals surface area contributed by atoms with E-state index in [2.05, 4.69) is 22.4 Å². The maximum Gasteiger partial charge on any atom is 0.127 e. The molecule has 1 unspecified atom stereocenters. The Bertz CT molecular complexity index is 780. The maximum atomic E-state index is 10.1. The van der Waals surface area contributed by atoms with Crippen LogP contribution >= 0.6 is 0 Å². The van der Waals surface area contributed by atoms with Crippen molar-refractivity contribution in [2.45, 2.75) is 12.5 Å². The number of aliphatic hydroxyl groups excluding tert-OH is 1. The molecule has 0 amide bonds. The van der Waals surface area contributed by atoms with E-state index >= 15 is 0 Å². The first-order valence-electron chi connectivity index (χ1n) is 8.18. The molecule has 0 radical (unpaired) electrons. The number of hydrogen-bond acceptors (Lipinski definition) is 4. The fraction of sp³-hybridized carbons (Fsp3) is 0.316. The Morgan fingerprint density at radius 2 is 2.04 bits per heavy atom. The van der Waals surface area contributed by atoms with E-state index in [0.29, 0.717) is 6.54 Å². The van der Waals surface area contributed by atoms with E-state index in [-0.39, 0.29) is 6.61 Å². The molecule has 0 fully saturated rings. The molecular weight excluding hydrogens is 302 g/mol. The number of imidazole rings is 1. The van der Waals surface area contributed by atoms with Gasteiger partial charge in [0.1, 0.15) is 18.5 Å². The smallest absolute Gasteiger partial charge is 0.127 e. The van der Waals surface area contributed by atoms with Crippen molar-refractivity contribution in [3.63, 3.8) is 0 Å². The van der Waals surface area contributed by atoms with Gasteiger partial charge in [0.05, 0.1) is 12.0 Å². The second-order valence-electron chi connectivity index (χ2n) is 5.93. The molecule has 3 aromatic rings. The normalized spacial score (nSPS) is 12.4. The van der Waals surface area contributed by atoms with Gasteiger partial charge in [-0.3, -0.25) is 0 Å². The fourth-order valence-corrected chi connectivity index (χ4v) is 2.65. The highest BCUT2D eigenvalue weighted by Gasteiger charge is 2.07. The van der Waals surface area contributed by atoms with Crippen LogP contribution in [0.5, 0.6) is 5.75 Å². The molecule has 2 N–H and O–H groups in total. The molecule has 0 aliphatic rings. The first-order valence-corrected chi connectivity index (χ1v) is 8.18. The Hall–Kier alpha value is -2.37. The predicted molar refractivity (Wildman–Crippen MR) is 95.2 cm³/mol. The number of benzene rings is 2. The summed E-state index contributed by atoms with van der Waals surface area (Å²) < 4.78 is 7.73. The highest BCUT2D eigenvalue weighted by atomic mass is 16.5. The van der Waals surface area contributed by atoms with Crippen molar-refractivity contribution < 1.29 is 9.84 Å². The third-order valence-electron chi connectivity index (χ3n) is 3.88. The number of rotatable bonds is 8.